The van der Waals surface area contributed by atoms with Gasteiger partial charge in [0.2, 0.25) is 0 Å². The van der Waals surface area contributed by atoms with E-state index in [1.807, 2.05) is 0 Å². The molecule has 1 aromatic rings. The van der Waals surface area contributed by atoms with Crippen molar-refractivity contribution in [1.29, 1.82) is 0 Å². The fourth-order valence-electron chi connectivity index (χ4n) is 4.22. The topological polar surface area (TPSA) is 15.3 Å². The van der Waals surface area contributed by atoms with Crippen LogP contribution in [-0.2, 0) is 12.8 Å². The standard InChI is InChI=1S/C20H31BN2/c1-15-16(2)19(6-5-18(15)7-9-21)12-17-13-23(14-17)11-8-20-4-3-10-22-20/h5-6,17,20,22H,3-4,7-14H2,1-2H3. The number of hydrogen-bond donors (Lipinski definition) is 1. The molecular weight excluding hydrogens is 279 g/mol. The molecule has 0 spiro atoms. The number of likely N-dealkylation sites (tertiary alicyclic amines) is 1. The van der Waals surface area contributed by atoms with Gasteiger partial charge in [-0.15, -0.1) is 0 Å². The Bertz CT molecular complexity index is 517. The Kier molecular flexibility index (Phi) is 5.82. The maximum atomic E-state index is 5.71. The Morgan fingerprint density at radius 3 is 2.61 bits per heavy atom. The van der Waals surface area contributed by atoms with Gasteiger partial charge in [0.15, 0.2) is 0 Å². The van der Waals surface area contributed by atoms with Crippen molar-refractivity contribution >= 4 is 7.85 Å². The van der Waals surface area contributed by atoms with Crippen molar-refractivity contribution in [3.63, 3.8) is 0 Å². The number of hydrogen-bond acceptors (Lipinski definition) is 2. The molecule has 0 bridgehead atoms. The van der Waals surface area contributed by atoms with Crippen LogP contribution in [0.5, 0.6) is 0 Å². The van der Waals surface area contributed by atoms with Crippen LogP contribution in [0.2, 0.25) is 6.32 Å². The highest BCUT2D eigenvalue weighted by Crippen LogP contribution is 2.26. The normalized spacial score (nSPS) is 22.4. The molecule has 2 aliphatic heterocycles. The Labute approximate surface area is 143 Å². The molecule has 0 aliphatic carbocycles. The number of rotatable bonds is 7. The van der Waals surface area contributed by atoms with Gasteiger partial charge < -0.3 is 10.2 Å². The molecule has 2 saturated heterocycles. The van der Waals surface area contributed by atoms with Crippen LogP contribution in [0.15, 0.2) is 12.1 Å². The monoisotopic (exact) mass is 310 g/mol. The van der Waals surface area contributed by atoms with E-state index in [-0.39, 0.29) is 0 Å². The molecule has 2 aliphatic rings. The lowest BCUT2D eigenvalue weighted by molar-refractivity contribution is 0.0961. The quantitative estimate of drug-likeness (QED) is 0.779. The van der Waals surface area contributed by atoms with Gasteiger partial charge in [-0.05, 0) is 87.2 Å². The first-order valence-corrected chi connectivity index (χ1v) is 9.41. The second-order valence-electron chi connectivity index (χ2n) is 7.58. The second-order valence-corrected chi connectivity index (χ2v) is 7.58. The zero-order valence-corrected chi connectivity index (χ0v) is 14.9. The third-order valence-electron chi connectivity index (χ3n) is 5.92. The van der Waals surface area contributed by atoms with Crippen molar-refractivity contribution < 1.29 is 0 Å². The smallest absolute Gasteiger partial charge is 0.0657 e. The highest BCUT2D eigenvalue weighted by molar-refractivity contribution is 6.08. The lowest BCUT2D eigenvalue weighted by Gasteiger charge is -2.40. The van der Waals surface area contributed by atoms with Crippen LogP contribution in [-0.4, -0.2) is 45.0 Å². The molecule has 0 amide bonds. The van der Waals surface area contributed by atoms with Crippen LogP contribution in [0.3, 0.4) is 0 Å². The molecule has 1 aromatic carbocycles. The van der Waals surface area contributed by atoms with Gasteiger partial charge in [-0.2, -0.15) is 0 Å². The predicted molar refractivity (Wildman–Crippen MR) is 99.5 cm³/mol. The summed E-state index contributed by atoms with van der Waals surface area (Å²) < 4.78 is 0. The largest absolute Gasteiger partial charge is 0.314 e. The third-order valence-corrected chi connectivity index (χ3v) is 5.92. The summed E-state index contributed by atoms with van der Waals surface area (Å²) in [5.41, 5.74) is 5.92. The Morgan fingerprint density at radius 2 is 1.91 bits per heavy atom. The van der Waals surface area contributed by atoms with Crippen LogP contribution in [0.25, 0.3) is 0 Å². The Hall–Kier alpha value is -0.795. The molecule has 1 N–H and O–H groups in total. The van der Waals surface area contributed by atoms with E-state index in [4.69, 9.17) is 7.85 Å². The lowest BCUT2D eigenvalue weighted by atomic mass is 9.86. The lowest BCUT2D eigenvalue weighted by Crippen LogP contribution is -2.48. The van der Waals surface area contributed by atoms with E-state index in [9.17, 15) is 0 Å². The maximum absolute atomic E-state index is 5.71. The van der Waals surface area contributed by atoms with E-state index in [2.05, 4.69) is 36.2 Å². The highest BCUT2D eigenvalue weighted by atomic mass is 15.2. The molecule has 2 radical (unpaired) electrons. The van der Waals surface area contributed by atoms with Crippen LogP contribution in [0.4, 0.5) is 0 Å². The van der Waals surface area contributed by atoms with Crippen molar-refractivity contribution in [2.24, 2.45) is 5.92 Å². The fraction of sp³-hybridized carbons (Fsp3) is 0.700. The number of aryl methyl sites for hydroxylation is 1. The minimum absolute atomic E-state index is 0.743. The molecule has 3 rings (SSSR count). The molecule has 2 fully saturated rings. The maximum Gasteiger partial charge on any atom is 0.0657 e. The fourth-order valence-corrected chi connectivity index (χ4v) is 4.22. The number of nitrogens with zero attached hydrogens (tertiary/aromatic N) is 1. The highest BCUT2D eigenvalue weighted by Gasteiger charge is 2.27. The molecule has 2 heterocycles. The van der Waals surface area contributed by atoms with Crippen molar-refractivity contribution in [1.82, 2.24) is 10.2 Å². The molecule has 0 aromatic heterocycles. The molecule has 23 heavy (non-hydrogen) atoms. The summed E-state index contributed by atoms with van der Waals surface area (Å²) in [6.45, 7) is 9.62. The Morgan fingerprint density at radius 1 is 1.17 bits per heavy atom. The third kappa shape index (κ3) is 4.19. The molecular formula is C20H31BN2. The van der Waals surface area contributed by atoms with Gasteiger partial charge in [0.25, 0.3) is 0 Å². The molecule has 2 nitrogen and oxygen atoms in total. The van der Waals surface area contributed by atoms with Gasteiger partial charge in [-0.1, -0.05) is 18.5 Å². The summed E-state index contributed by atoms with van der Waals surface area (Å²) in [4.78, 5) is 2.63. The van der Waals surface area contributed by atoms with E-state index >= 15 is 0 Å². The van der Waals surface area contributed by atoms with E-state index in [1.54, 1.807) is 5.56 Å². The van der Waals surface area contributed by atoms with Gasteiger partial charge in [-0.25, -0.2) is 0 Å². The first-order valence-electron chi connectivity index (χ1n) is 9.41. The summed E-state index contributed by atoms with van der Waals surface area (Å²) in [5.74, 6) is 0.852. The van der Waals surface area contributed by atoms with E-state index in [0.29, 0.717) is 0 Å². The molecule has 124 valence electrons. The summed E-state index contributed by atoms with van der Waals surface area (Å²) in [6.07, 6.45) is 7.07. The predicted octanol–water partition coefficient (Wildman–Crippen LogP) is 3.05. The zero-order valence-electron chi connectivity index (χ0n) is 14.9. The summed E-state index contributed by atoms with van der Waals surface area (Å²) in [6, 6.07) is 5.43. The Balaban J connectivity index is 1.45. The number of benzene rings is 1. The van der Waals surface area contributed by atoms with E-state index < -0.39 is 0 Å². The average Bonchev–Trinajstić information content (AvgIpc) is 3.01. The minimum Gasteiger partial charge on any atom is -0.314 e. The first-order chi connectivity index (χ1) is 11.2. The minimum atomic E-state index is 0.743. The zero-order chi connectivity index (χ0) is 16.2. The van der Waals surface area contributed by atoms with E-state index in [0.717, 1.165) is 24.7 Å². The van der Waals surface area contributed by atoms with Crippen LogP contribution in [0.1, 0.15) is 41.5 Å². The molecule has 1 unspecified atom stereocenters. The van der Waals surface area contributed by atoms with Gasteiger partial charge in [0.1, 0.15) is 0 Å². The SMILES string of the molecule is [B]CCc1ccc(CC2CN(CCC3CCCN3)C2)c(C)c1C. The van der Waals surface area contributed by atoms with Gasteiger partial charge in [-0.3, -0.25) is 0 Å². The molecule has 0 saturated carbocycles. The van der Waals surface area contributed by atoms with Crippen molar-refractivity contribution in [3.8, 4) is 0 Å². The van der Waals surface area contributed by atoms with Crippen molar-refractivity contribution in [2.75, 3.05) is 26.2 Å². The first kappa shape index (κ1) is 17.0. The molecule has 3 heteroatoms. The van der Waals surface area contributed by atoms with Gasteiger partial charge in [0, 0.05) is 19.1 Å². The molecule has 1 atom stereocenters. The van der Waals surface area contributed by atoms with Gasteiger partial charge >= 0.3 is 0 Å². The van der Waals surface area contributed by atoms with Crippen LogP contribution < -0.4 is 5.32 Å². The average molecular weight is 310 g/mol. The van der Waals surface area contributed by atoms with Crippen LogP contribution >= 0.6 is 0 Å². The number of nitrogens with one attached hydrogen (secondary N) is 1. The van der Waals surface area contributed by atoms with Crippen LogP contribution in [0, 0.1) is 19.8 Å². The summed E-state index contributed by atoms with van der Waals surface area (Å²) in [5, 5.41) is 3.60. The summed E-state index contributed by atoms with van der Waals surface area (Å²) >= 11 is 0. The summed E-state index contributed by atoms with van der Waals surface area (Å²) in [7, 11) is 5.71. The van der Waals surface area contributed by atoms with Crippen molar-refractivity contribution in [3.05, 3.63) is 34.4 Å². The second kappa shape index (κ2) is 7.85. The van der Waals surface area contributed by atoms with E-state index in [1.165, 1.54) is 68.6 Å². The van der Waals surface area contributed by atoms with Crippen molar-refractivity contribution in [2.45, 2.75) is 58.3 Å². The van der Waals surface area contributed by atoms with Gasteiger partial charge in [0.05, 0.1) is 7.85 Å².